The Morgan fingerprint density at radius 1 is 1.33 bits per heavy atom. The molecule has 2 N–H and O–H groups in total. The highest BCUT2D eigenvalue weighted by molar-refractivity contribution is 7.91. The number of aromatic amines is 1. The van der Waals surface area contributed by atoms with Gasteiger partial charge in [-0.25, -0.2) is 8.42 Å². The molecule has 6 nitrogen and oxygen atoms in total. The topological polar surface area (TPSA) is 98.6 Å². The van der Waals surface area contributed by atoms with E-state index < -0.39 is 10.0 Å². The van der Waals surface area contributed by atoms with Crippen molar-refractivity contribution in [1.82, 2.24) is 10.2 Å². The van der Waals surface area contributed by atoms with E-state index in [2.05, 4.69) is 14.9 Å². The summed E-state index contributed by atoms with van der Waals surface area (Å²) in [7, 11) is -3.47. The van der Waals surface area contributed by atoms with Crippen molar-refractivity contribution in [2.75, 3.05) is 4.72 Å². The zero-order valence-corrected chi connectivity index (χ0v) is 10.1. The number of rotatable bonds is 4. The van der Waals surface area contributed by atoms with E-state index in [9.17, 15) is 8.42 Å². The Labute approximate surface area is 104 Å². The second-order valence-corrected chi connectivity index (χ2v) is 5.38. The first kappa shape index (κ1) is 12.1. The first-order valence-corrected chi connectivity index (χ1v) is 6.72. The van der Waals surface area contributed by atoms with Gasteiger partial charge in [0.1, 0.15) is 0 Å². The monoisotopic (exact) mass is 262 g/mol. The SMILES string of the molecule is N#Cc1ccc(CS(=O)(=O)Nc2cn[nH]c2)cc1. The van der Waals surface area contributed by atoms with Gasteiger partial charge in [-0.1, -0.05) is 12.1 Å². The van der Waals surface area contributed by atoms with E-state index >= 15 is 0 Å². The van der Waals surface area contributed by atoms with Crippen LogP contribution in [0, 0.1) is 11.3 Å². The van der Waals surface area contributed by atoms with Crippen molar-refractivity contribution >= 4 is 15.7 Å². The fourth-order valence-electron chi connectivity index (χ4n) is 1.42. The van der Waals surface area contributed by atoms with Gasteiger partial charge in [-0.2, -0.15) is 10.4 Å². The molecule has 0 unspecified atom stereocenters. The van der Waals surface area contributed by atoms with Gasteiger partial charge >= 0.3 is 0 Å². The average molecular weight is 262 g/mol. The maximum absolute atomic E-state index is 11.8. The van der Waals surface area contributed by atoms with E-state index in [0.29, 0.717) is 16.8 Å². The number of hydrogen-bond donors (Lipinski definition) is 2. The van der Waals surface area contributed by atoms with Gasteiger partial charge in [-0.05, 0) is 17.7 Å². The third kappa shape index (κ3) is 3.09. The summed E-state index contributed by atoms with van der Waals surface area (Å²) in [6.07, 6.45) is 2.84. The van der Waals surface area contributed by atoms with Crippen LogP contribution >= 0.6 is 0 Å². The molecule has 0 saturated heterocycles. The summed E-state index contributed by atoms with van der Waals surface area (Å²) in [6, 6.07) is 8.38. The molecule has 2 rings (SSSR count). The number of nitriles is 1. The number of sulfonamides is 1. The smallest absolute Gasteiger partial charge is 0.237 e. The standard InChI is InChI=1S/C11H10N4O2S/c12-5-9-1-3-10(4-2-9)8-18(16,17)15-11-6-13-14-7-11/h1-4,6-7,15H,8H2,(H,13,14). The van der Waals surface area contributed by atoms with Gasteiger partial charge in [0, 0.05) is 6.20 Å². The molecule has 7 heteroatoms. The minimum atomic E-state index is -3.47. The van der Waals surface area contributed by atoms with Gasteiger partial charge in [0.15, 0.2) is 0 Å². The number of aromatic nitrogens is 2. The predicted octanol–water partition coefficient (Wildman–Crippen LogP) is 1.22. The number of anilines is 1. The lowest BCUT2D eigenvalue weighted by Crippen LogP contribution is -2.14. The van der Waals surface area contributed by atoms with Crippen LogP contribution in [0.3, 0.4) is 0 Å². The van der Waals surface area contributed by atoms with Crippen LogP contribution in [0.4, 0.5) is 5.69 Å². The largest absolute Gasteiger partial charge is 0.284 e. The Balaban J connectivity index is 2.10. The van der Waals surface area contributed by atoms with E-state index in [4.69, 9.17) is 5.26 Å². The molecule has 1 aromatic heterocycles. The van der Waals surface area contributed by atoms with Gasteiger partial charge in [-0.3, -0.25) is 9.82 Å². The molecule has 0 amide bonds. The lowest BCUT2D eigenvalue weighted by Gasteiger charge is -2.05. The molecule has 2 aromatic rings. The van der Waals surface area contributed by atoms with E-state index in [0.717, 1.165) is 0 Å². The number of nitrogens with one attached hydrogen (secondary N) is 2. The molecule has 0 bridgehead atoms. The van der Waals surface area contributed by atoms with E-state index in [1.807, 2.05) is 6.07 Å². The van der Waals surface area contributed by atoms with Crippen molar-refractivity contribution in [3.63, 3.8) is 0 Å². The average Bonchev–Trinajstić information content (AvgIpc) is 2.81. The highest BCUT2D eigenvalue weighted by atomic mass is 32.2. The second kappa shape index (κ2) is 4.89. The van der Waals surface area contributed by atoms with Gasteiger partial charge in [-0.15, -0.1) is 0 Å². The third-order valence-electron chi connectivity index (χ3n) is 2.21. The van der Waals surface area contributed by atoms with Crippen LogP contribution in [0.15, 0.2) is 36.7 Å². The summed E-state index contributed by atoms with van der Waals surface area (Å²) in [4.78, 5) is 0. The summed E-state index contributed by atoms with van der Waals surface area (Å²) in [5.41, 5.74) is 1.51. The van der Waals surface area contributed by atoms with Crippen LogP contribution in [0.25, 0.3) is 0 Å². The molecule has 0 spiro atoms. The lowest BCUT2D eigenvalue weighted by molar-refractivity contribution is 0.600. The summed E-state index contributed by atoms with van der Waals surface area (Å²) >= 11 is 0. The maximum atomic E-state index is 11.8. The first-order valence-electron chi connectivity index (χ1n) is 5.07. The minimum Gasteiger partial charge on any atom is -0.284 e. The van der Waals surface area contributed by atoms with Gasteiger partial charge in [0.2, 0.25) is 10.0 Å². The molecule has 1 heterocycles. The molecule has 0 aliphatic carbocycles. The Hall–Kier alpha value is -2.33. The molecule has 0 saturated carbocycles. The Bertz CT molecular complexity index is 654. The summed E-state index contributed by atoms with van der Waals surface area (Å²) in [5.74, 6) is -0.149. The molecule has 18 heavy (non-hydrogen) atoms. The summed E-state index contributed by atoms with van der Waals surface area (Å²) in [5, 5.41) is 14.8. The molecule has 0 radical (unpaired) electrons. The normalized spacial score (nSPS) is 10.8. The minimum absolute atomic E-state index is 0.149. The van der Waals surface area contributed by atoms with Crippen molar-refractivity contribution in [2.24, 2.45) is 0 Å². The van der Waals surface area contributed by atoms with Crippen LogP contribution in [-0.2, 0) is 15.8 Å². The molecule has 1 aromatic carbocycles. The van der Waals surface area contributed by atoms with Gasteiger partial charge in [0.05, 0.1) is 29.3 Å². The molecular weight excluding hydrogens is 252 g/mol. The number of benzene rings is 1. The molecule has 92 valence electrons. The maximum Gasteiger partial charge on any atom is 0.237 e. The summed E-state index contributed by atoms with van der Waals surface area (Å²) in [6.45, 7) is 0. The highest BCUT2D eigenvalue weighted by Gasteiger charge is 2.12. The second-order valence-electron chi connectivity index (χ2n) is 3.66. The van der Waals surface area contributed by atoms with Crippen LogP contribution in [-0.4, -0.2) is 18.6 Å². The quantitative estimate of drug-likeness (QED) is 0.865. The zero-order valence-electron chi connectivity index (χ0n) is 9.29. The molecule has 0 atom stereocenters. The van der Waals surface area contributed by atoms with Crippen molar-refractivity contribution in [1.29, 1.82) is 5.26 Å². The van der Waals surface area contributed by atoms with Gasteiger partial charge in [0.25, 0.3) is 0 Å². The number of hydrogen-bond acceptors (Lipinski definition) is 4. The molecule has 0 aliphatic heterocycles. The lowest BCUT2D eigenvalue weighted by atomic mass is 10.2. The van der Waals surface area contributed by atoms with Crippen molar-refractivity contribution in [3.05, 3.63) is 47.8 Å². The Morgan fingerprint density at radius 3 is 2.61 bits per heavy atom. The first-order chi connectivity index (χ1) is 8.59. The molecular formula is C11H10N4O2S. The van der Waals surface area contributed by atoms with Crippen LogP contribution < -0.4 is 4.72 Å². The van der Waals surface area contributed by atoms with Crippen molar-refractivity contribution < 1.29 is 8.42 Å². The Kier molecular flexibility index (Phi) is 3.30. The summed E-state index contributed by atoms with van der Waals surface area (Å²) < 4.78 is 26.0. The van der Waals surface area contributed by atoms with E-state index in [1.165, 1.54) is 12.4 Å². The van der Waals surface area contributed by atoms with Crippen molar-refractivity contribution in [3.8, 4) is 6.07 Å². The van der Waals surface area contributed by atoms with Crippen LogP contribution in [0.2, 0.25) is 0 Å². The van der Waals surface area contributed by atoms with E-state index in [1.54, 1.807) is 24.3 Å². The Morgan fingerprint density at radius 2 is 2.06 bits per heavy atom. The van der Waals surface area contributed by atoms with Crippen molar-refractivity contribution in [2.45, 2.75) is 5.75 Å². The fourth-order valence-corrected chi connectivity index (χ4v) is 2.59. The number of nitrogens with zero attached hydrogens (tertiary/aromatic N) is 2. The fraction of sp³-hybridized carbons (Fsp3) is 0.0909. The third-order valence-corrected chi connectivity index (χ3v) is 3.47. The van der Waals surface area contributed by atoms with Gasteiger partial charge < -0.3 is 0 Å². The van der Waals surface area contributed by atoms with Crippen LogP contribution in [0.5, 0.6) is 0 Å². The zero-order chi connectivity index (χ0) is 13.0. The number of H-pyrrole nitrogens is 1. The highest BCUT2D eigenvalue weighted by Crippen LogP contribution is 2.11. The molecule has 0 aliphatic rings. The van der Waals surface area contributed by atoms with E-state index in [-0.39, 0.29) is 5.75 Å². The molecule has 0 fully saturated rings. The van der Waals surface area contributed by atoms with Crippen LogP contribution in [0.1, 0.15) is 11.1 Å². The predicted molar refractivity (Wildman–Crippen MR) is 66.0 cm³/mol.